The average molecular weight is 371 g/mol. The number of carbonyl (C=O) groups excluding carboxylic acids is 2. The number of rotatable bonds is 8. The van der Waals surface area contributed by atoms with Gasteiger partial charge in [-0.1, -0.05) is 25.5 Å². The second-order valence-corrected chi connectivity index (χ2v) is 6.90. The van der Waals surface area contributed by atoms with Crippen LogP contribution in [-0.2, 0) is 15.3 Å². The van der Waals surface area contributed by atoms with Gasteiger partial charge in [0.15, 0.2) is 0 Å². The molecule has 136 valence electrons. The minimum atomic E-state index is -0.226. The molecule has 1 aromatic heterocycles. The van der Waals surface area contributed by atoms with E-state index in [1.807, 2.05) is 31.2 Å². The standard InChI is InChI=1S/C20H21NO4S/c1-3-4-11-21-19(22)17(14-7-9-15(24-2)10-8-14)18(20(21)23)26-13-16-6-5-12-25-16/h5-10,12H,3-4,11,13H2,1-2H3. The molecule has 1 aliphatic heterocycles. The van der Waals surface area contributed by atoms with Crippen LogP contribution in [0.5, 0.6) is 5.75 Å². The van der Waals surface area contributed by atoms with Crippen molar-refractivity contribution in [1.82, 2.24) is 4.90 Å². The molecule has 2 heterocycles. The van der Waals surface area contributed by atoms with Crippen LogP contribution in [0.4, 0.5) is 0 Å². The normalized spacial score (nSPS) is 14.5. The molecule has 0 saturated carbocycles. The highest BCUT2D eigenvalue weighted by atomic mass is 32.2. The Hall–Kier alpha value is -2.47. The Kier molecular flexibility index (Phi) is 5.83. The summed E-state index contributed by atoms with van der Waals surface area (Å²) >= 11 is 1.35. The molecule has 1 aliphatic rings. The van der Waals surface area contributed by atoms with Crippen molar-refractivity contribution in [2.75, 3.05) is 13.7 Å². The minimum Gasteiger partial charge on any atom is -0.497 e. The third-order valence-electron chi connectivity index (χ3n) is 4.18. The second kappa shape index (κ2) is 8.27. The van der Waals surface area contributed by atoms with Crippen molar-refractivity contribution in [3.8, 4) is 5.75 Å². The third-order valence-corrected chi connectivity index (χ3v) is 5.27. The van der Waals surface area contributed by atoms with Crippen LogP contribution in [0.15, 0.2) is 52.0 Å². The Morgan fingerprint density at radius 3 is 2.50 bits per heavy atom. The van der Waals surface area contributed by atoms with E-state index in [1.165, 1.54) is 16.7 Å². The fraction of sp³-hybridized carbons (Fsp3) is 0.300. The maximum Gasteiger partial charge on any atom is 0.267 e. The number of thioether (sulfide) groups is 1. The highest BCUT2D eigenvalue weighted by Gasteiger charge is 2.38. The van der Waals surface area contributed by atoms with Crippen LogP contribution < -0.4 is 4.74 Å². The van der Waals surface area contributed by atoms with Crippen molar-refractivity contribution in [1.29, 1.82) is 0 Å². The molecule has 0 radical (unpaired) electrons. The van der Waals surface area contributed by atoms with Crippen molar-refractivity contribution in [2.24, 2.45) is 0 Å². The zero-order valence-electron chi connectivity index (χ0n) is 14.9. The van der Waals surface area contributed by atoms with Crippen molar-refractivity contribution < 1.29 is 18.7 Å². The van der Waals surface area contributed by atoms with Gasteiger partial charge in [0.05, 0.1) is 29.6 Å². The summed E-state index contributed by atoms with van der Waals surface area (Å²) in [5.41, 5.74) is 1.19. The molecule has 2 amide bonds. The quantitative estimate of drug-likeness (QED) is 0.654. The molecule has 0 spiro atoms. The van der Waals surface area contributed by atoms with Crippen molar-refractivity contribution in [3.05, 3.63) is 58.9 Å². The summed E-state index contributed by atoms with van der Waals surface area (Å²) in [5, 5.41) is 0. The highest BCUT2D eigenvalue weighted by molar-refractivity contribution is 8.03. The van der Waals surface area contributed by atoms with E-state index < -0.39 is 0 Å². The molecule has 0 fully saturated rings. The van der Waals surface area contributed by atoms with E-state index in [2.05, 4.69) is 0 Å². The fourth-order valence-electron chi connectivity index (χ4n) is 2.76. The minimum absolute atomic E-state index is 0.217. The van der Waals surface area contributed by atoms with Crippen LogP contribution in [0.3, 0.4) is 0 Å². The van der Waals surface area contributed by atoms with Gasteiger partial charge in [-0.25, -0.2) is 0 Å². The van der Waals surface area contributed by atoms with Crippen LogP contribution in [0.25, 0.3) is 5.57 Å². The second-order valence-electron chi connectivity index (χ2n) is 5.92. The highest BCUT2D eigenvalue weighted by Crippen LogP contribution is 2.38. The van der Waals surface area contributed by atoms with Crippen molar-refractivity contribution >= 4 is 29.1 Å². The number of imide groups is 1. The van der Waals surface area contributed by atoms with Gasteiger partial charge in [-0.2, -0.15) is 0 Å². The van der Waals surface area contributed by atoms with E-state index in [0.717, 1.165) is 24.2 Å². The van der Waals surface area contributed by atoms with Gasteiger partial charge in [-0.3, -0.25) is 14.5 Å². The average Bonchev–Trinajstić information content (AvgIpc) is 3.26. The molecule has 6 heteroatoms. The number of amides is 2. The van der Waals surface area contributed by atoms with Gasteiger partial charge in [-0.05, 0) is 36.2 Å². The zero-order chi connectivity index (χ0) is 18.5. The number of benzene rings is 1. The monoisotopic (exact) mass is 371 g/mol. The van der Waals surface area contributed by atoms with Crippen LogP contribution in [-0.4, -0.2) is 30.4 Å². The third kappa shape index (κ3) is 3.70. The number of methoxy groups -OCH3 is 1. The molecule has 0 N–H and O–H groups in total. The Labute approximate surface area is 157 Å². The number of carbonyl (C=O) groups is 2. The van der Waals surface area contributed by atoms with E-state index in [4.69, 9.17) is 9.15 Å². The number of unbranched alkanes of at least 4 members (excludes halogenated alkanes) is 1. The van der Waals surface area contributed by atoms with E-state index in [9.17, 15) is 9.59 Å². The van der Waals surface area contributed by atoms with Crippen LogP contribution in [0.2, 0.25) is 0 Å². The van der Waals surface area contributed by atoms with Gasteiger partial charge >= 0.3 is 0 Å². The van der Waals surface area contributed by atoms with Gasteiger partial charge in [0.25, 0.3) is 11.8 Å². The molecular weight excluding hydrogens is 350 g/mol. The lowest BCUT2D eigenvalue weighted by Gasteiger charge is -2.14. The number of nitrogens with zero attached hydrogens (tertiary/aromatic N) is 1. The predicted octanol–water partition coefficient (Wildman–Crippen LogP) is 4.10. The summed E-state index contributed by atoms with van der Waals surface area (Å²) in [6, 6.07) is 10.9. The van der Waals surface area contributed by atoms with E-state index in [1.54, 1.807) is 25.5 Å². The molecule has 0 aliphatic carbocycles. The summed E-state index contributed by atoms with van der Waals surface area (Å²) in [7, 11) is 1.59. The molecular formula is C20H21NO4S. The maximum absolute atomic E-state index is 12.9. The molecule has 2 aromatic rings. The topological polar surface area (TPSA) is 59.8 Å². The summed E-state index contributed by atoms with van der Waals surface area (Å²) in [5.74, 6) is 1.53. The number of ether oxygens (including phenoxy) is 1. The number of furan rings is 1. The summed E-state index contributed by atoms with van der Waals surface area (Å²) < 4.78 is 10.5. The van der Waals surface area contributed by atoms with Gasteiger partial charge in [0, 0.05) is 6.54 Å². The molecule has 0 bridgehead atoms. The molecule has 0 atom stereocenters. The van der Waals surface area contributed by atoms with Crippen LogP contribution in [0, 0.1) is 0 Å². The molecule has 26 heavy (non-hydrogen) atoms. The first-order valence-electron chi connectivity index (χ1n) is 8.55. The van der Waals surface area contributed by atoms with E-state index >= 15 is 0 Å². The summed E-state index contributed by atoms with van der Waals surface area (Å²) in [4.78, 5) is 27.6. The molecule has 5 nitrogen and oxygen atoms in total. The first-order valence-corrected chi connectivity index (χ1v) is 9.54. The largest absolute Gasteiger partial charge is 0.497 e. The lowest BCUT2D eigenvalue weighted by atomic mass is 10.1. The Balaban J connectivity index is 1.93. The molecule has 3 rings (SSSR count). The number of hydrogen-bond donors (Lipinski definition) is 0. The molecule has 1 aromatic carbocycles. The van der Waals surface area contributed by atoms with Gasteiger partial charge in [0.1, 0.15) is 11.5 Å². The molecule has 0 unspecified atom stereocenters. The van der Waals surface area contributed by atoms with Gasteiger partial charge in [-0.15, -0.1) is 11.8 Å². The Morgan fingerprint density at radius 2 is 1.88 bits per heavy atom. The SMILES string of the molecule is CCCCN1C(=O)C(SCc2ccco2)=C(c2ccc(OC)cc2)C1=O. The summed E-state index contributed by atoms with van der Waals surface area (Å²) in [6.45, 7) is 2.48. The van der Waals surface area contributed by atoms with Crippen LogP contribution >= 0.6 is 11.8 Å². The fourth-order valence-corrected chi connectivity index (χ4v) is 3.79. The van der Waals surface area contributed by atoms with Crippen molar-refractivity contribution in [2.45, 2.75) is 25.5 Å². The maximum atomic E-state index is 12.9. The first kappa shape index (κ1) is 18.3. The summed E-state index contributed by atoms with van der Waals surface area (Å²) in [6.07, 6.45) is 3.32. The lowest BCUT2D eigenvalue weighted by molar-refractivity contribution is -0.136. The van der Waals surface area contributed by atoms with Crippen LogP contribution in [0.1, 0.15) is 31.1 Å². The lowest BCUT2D eigenvalue weighted by Crippen LogP contribution is -2.32. The predicted molar refractivity (Wildman–Crippen MR) is 102 cm³/mol. The molecule has 0 saturated heterocycles. The Morgan fingerprint density at radius 1 is 1.12 bits per heavy atom. The van der Waals surface area contributed by atoms with E-state index in [0.29, 0.717) is 28.5 Å². The smallest absolute Gasteiger partial charge is 0.267 e. The Bertz CT molecular complexity index is 809. The van der Waals surface area contributed by atoms with Gasteiger partial charge < -0.3 is 9.15 Å². The van der Waals surface area contributed by atoms with Crippen molar-refractivity contribution in [3.63, 3.8) is 0 Å². The van der Waals surface area contributed by atoms with E-state index in [-0.39, 0.29) is 11.8 Å². The van der Waals surface area contributed by atoms with Gasteiger partial charge in [0.2, 0.25) is 0 Å². The number of hydrogen-bond acceptors (Lipinski definition) is 5. The first-order chi connectivity index (χ1) is 12.7. The zero-order valence-corrected chi connectivity index (χ0v) is 15.7.